The molecule has 4 nitrogen and oxygen atoms in total. The zero-order valence-electron chi connectivity index (χ0n) is 11.6. The van der Waals surface area contributed by atoms with E-state index in [2.05, 4.69) is 21.2 Å². The number of methoxy groups -OCH3 is 1. The molecule has 0 radical (unpaired) electrons. The standard InChI is InChI=1S/C15H20BrNO3/c1-19-7-10-5-12(16)11(6-14(10)18)13-8-20-9-15(17-13)3-2-4-15/h5-6,13,17-18H,2-4,7-9H2,1H3. The molecule has 0 amide bonds. The summed E-state index contributed by atoms with van der Waals surface area (Å²) < 4.78 is 11.9. The minimum atomic E-state index is 0.126. The van der Waals surface area contributed by atoms with Gasteiger partial charge in [-0.2, -0.15) is 0 Å². The third-order valence-corrected chi connectivity index (χ3v) is 5.01. The molecule has 20 heavy (non-hydrogen) atoms. The second kappa shape index (κ2) is 5.64. The highest BCUT2D eigenvalue weighted by Gasteiger charge is 2.42. The quantitative estimate of drug-likeness (QED) is 0.887. The zero-order valence-corrected chi connectivity index (χ0v) is 13.2. The summed E-state index contributed by atoms with van der Waals surface area (Å²) in [5.74, 6) is 0.278. The summed E-state index contributed by atoms with van der Waals surface area (Å²) in [7, 11) is 1.62. The van der Waals surface area contributed by atoms with Gasteiger partial charge in [0.1, 0.15) is 5.75 Å². The van der Waals surface area contributed by atoms with Crippen LogP contribution in [0, 0.1) is 0 Å². The summed E-state index contributed by atoms with van der Waals surface area (Å²) in [5.41, 5.74) is 2.00. The van der Waals surface area contributed by atoms with Crippen molar-refractivity contribution < 1.29 is 14.6 Å². The maximum Gasteiger partial charge on any atom is 0.121 e. The number of rotatable bonds is 3. The summed E-state index contributed by atoms with van der Waals surface area (Å²) in [6, 6.07) is 3.87. The van der Waals surface area contributed by atoms with Gasteiger partial charge in [0.2, 0.25) is 0 Å². The fraction of sp³-hybridized carbons (Fsp3) is 0.600. The Bertz CT molecular complexity index is 502. The lowest BCUT2D eigenvalue weighted by molar-refractivity contribution is -0.0371. The number of ether oxygens (including phenoxy) is 2. The van der Waals surface area contributed by atoms with Crippen molar-refractivity contribution in [2.24, 2.45) is 0 Å². The van der Waals surface area contributed by atoms with Crippen LogP contribution >= 0.6 is 15.9 Å². The van der Waals surface area contributed by atoms with E-state index >= 15 is 0 Å². The van der Waals surface area contributed by atoms with Crippen LogP contribution in [0.5, 0.6) is 5.75 Å². The van der Waals surface area contributed by atoms with Gasteiger partial charge in [-0.3, -0.25) is 0 Å². The predicted octanol–water partition coefficient (Wildman–Crippen LogP) is 2.88. The minimum absolute atomic E-state index is 0.126. The predicted molar refractivity (Wildman–Crippen MR) is 79.8 cm³/mol. The Morgan fingerprint density at radius 2 is 2.30 bits per heavy atom. The molecular weight excluding hydrogens is 322 g/mol. The van der Waals surface area contributed by atoms with Crippen LogP contribution in [0.15, 0.2) is 16.6 Å². The Hall–Kier alpha value is -0.620. The van der Waals surface area contributed by atoms with E-state index in [1.54, 1.807) is 7.11 Å². The zero-order chi connectivity index (χ0) is 14.2. The van der Waals surface area contributed by atoms with Crippen molar-refractivity contribution in [1.82, 2.24) is 5.32 Å². The van der Waals surface area contributed by atoms with Gasteiger partial charge in [0, 0.05) is 22.7 Å². The van der Waals surface area contributed by atoms with Gasteiger partial charge in [0.05, 0.1) is 25.9 Å². The Kier molecular flexibility index (Phi) is 4.04. The van der Waals surface area contributed by atoms with Crippen LogP contribution in [0.1, 0.15) is 36.4 Å². The molecule has 2 fully saturated rings. The average Bonchev–Trinajstić information content (AvgIpc) is 2.41. The Morgan fingerprint density at radius 1 is 1.50 bits per heavy atom. The molecule has 2 aliphatic rings. The molecule has 1 atom stereocenters. The molecule has 3 rings (SSSR count). The Balaban J connectivity index is 1.84. The second-order valence-corrected chi connectivity index (χ2v) is 6.64. The number of phenols is 1. The summed E-state index contributed by atoms with van der Waals surface area (Å²) >= 11 is 3.60. The average molecular weight is 342 g/mol. The second-order valence-electron chi connectivity index (χ2n) is 5.78. The van der Waals surface area contributed by atoms with Crippen molar-refractivity contribution in [1.29, 1.82) is 0 Å². The fourth-order valence-corrected chi connectivity index (χ4v) is 3.71. The van der Waals surface area contributed by atoms with Crippen LogP contribution in [0.25, 0.3) is 0 Å². The SMILES string of the molecule is COCc1cc(Br)c(C2COCC3(CCC3)N2)cc1O. The lowest BCUT2D eigenvalue weighted by Gasteiger charge is -2.48. The summed E-state index contributed by atoms with van der Waals surface area (Å²) in [6.45, 7) is 1.85. The van der Waals surface area contributed by atoms with E-state index in [-0.39, 0.29) is 17.3 Å². The number of aromatic hydroxyl groups is 1. The van der Waals surface area contributed by atoms with Gasteiger partial charge in [-0.1, -0.05) is 15.9 Å². The Morgan fingerprint density at radius 3 is 2.95 bits per heavy atom. The van der Waals surface area contributed by atoms with Gasteiger partial charge in [-0.05, 0) is 37.0 Å². The lowest BCUT2D eigenvalue weighted by Crippen LogP contribution is -2.59. The third-order valence-electron chi connectivity index (χ3n) is 4.33. The number of nitrogens with one attached hydrogen (secondary N) is 1. The first kappa shape index (κ1) is 14.3. The number of benzene rings is 1. The lowest BCUT2D eigenvalue weighted by atomic mass is 9.76. The van der Waals surface area contributed by atoms with Crippen LogP contribution in [0.2, 0.25) is 0 Å². The Labute approximate surface area is 127 Å². The highest BCUT2D eigenvalue weighted by atomic mass is 79.9. The molecule has 0 aromatic heterocycles. The van der Waals surface area contributed by atoms with Gasteiger partial charge in [-0.15, -0.1) is 0 Å². The van der Waals surface area contributed by atoms with Crippen LogP contribution in [-0.2, 0) is 16.1 Å². The monoisotopic (exact) mass is 341 g/mol. The first-order valence-electron chi connectivity index (χ1n) is 6.99. The van der Waals surface area contributed by atoms with E-state index in [9.17, 15) is 5.11 Å². The van der Waals surface area contributed by atoms with Crippen molar-refractivity contribution >= 4 is 15.9 Å². The van der Waals surface area contributed by atoms with Crippen molar-refractivity contribution in [3.05, 3.63) is 27.7 Å². The largest absolute Gasteiger partial charge is 0.508 e. The summed E-state index contributed by atoms with van der Waals surface area (Å²) in [5, 5.41) is 13.8. The topological polar surface area (TPSA) is 50.7 Å². The molecule has 1 saturated carbocycles. The van der Waals surface area contributed by atoms with E-state index < -0.39 is 0 Å². The molecule has 1 aliphatic carbocycles. The van der Waals surface area contributed by atoms with Gasteiger partial charge < -0.3 is 19.9 Å². The fourth-order valence-electron chi connectivity index (χ4n) is 3.04. The molecule has 1 aromatic rings. The molecule has 1 aromatic carbocycles. The molecule has 1 unspecified atom stereocenters. The van der Waals surface area contributed by atoms with Gasteiger partial charge in [-0.25, -0.2) is 0 Å². The number of phenolic OH excluding ortho intramolecular Hbond substituents is 1. The molecule has 1 aliphatic heterocycles. The van der Waals surface area contributed by atoms with Gasteiger partial charge >= 0.3 is 0 Å². The van der Waals surface area contributed by atoms with Crippen LogP contribution in [-0.4, -0.2) is 31.0 Å². The van der Waals surface area contributed by atoms with E-state index in [0.29, 0.717) is 13.2 Å². The smallest absolute Gasteiger partial charge is 0.121 e. The van der Waals surface area contributed by atoms with Gasteiger partial charge in [0.25, 0.3) is 0 Å². The van der Waals surface area contributed by atoms with E-state index in [1.807, 2.05) is 12.1 Å². The maximum atomic E-state index is 10.1. The number of hydrogen-bond acceptors (Lipinski definition) is 4. The molecular formula is C15H20BrNO3. The minimum Gasteiger partial charge on any atom is -0.508 e. The third kappa shape index (κ3) is 2.60. The highest BCUT2D eigenvalue weighted by Crippen LogP contribution is 2.39. The maximum absolute atomic E-state index is 10.1. The van der Waals surface area contributed by atoms with Crippen LogP contribution in [0.4, 0.5) is 0 Å². The molecule has 1 spiro atoms. The molecule has 1 heterocycles. The molecule has 2 N–H and O–H groups in total. The molecule has 5 heteroatoms. The number of halogens is 1. The van der Waals surface area contributed by atoms with Crippen LogP contribution < -0.4 is 5.32 Å². The number of morpholine rings is 1. The van der Waals surface area contributed by atoms with Crippen molar-refractivity contribution in [2.75, 3.05) is 20.3 Å². The van der Waals surface area contributed by atoms with E-state index in [4.69, 9.17) is 9.47 Å². The number of hydrogen-bond donors (Lipinski definition) is 2. The first-order valence-corrected chi connectivity index (χ1v) is 7.78. The van der Waals surface area contributed by atoms with Gasteiger partial charge in [0.15, 0.2) is 0 Å². The van der Waals surface area contributed by atoms with Crippen LogP contribution in [0.3, 0.4) is 0 Å². The summed E-state index contributed by atoms with van der Waals surface area (Å²) in [6.07, 6.45) is 3.62. The van der Waals surface area contributed by atoms with E-state index in [0.717, 1.165) is 22.2 Å². The first-order chi connectivity index (χ1) is 9.63. The van der Waals surface area contributed by atoms with E-state index in [1.165, 1.54) is 19.3 Å². The van der Waals surface area contributed by atoms with Crippen molar-refractivity contribution in [2.45, 2.75) is 37.5 Å². The molecule has 1 saturated heterocycles. The molecule has 0 bridgehead atoms. The highest BCUT2D eigenvalue weighted by molar-refractivity contribution is 9.10. The van der Waals surface area contributed by atoms with Crippen molar-refractivity contribution in [3.63, 3.8) is 0 Å². The summed E-state index contributed by atoms with van der Waals surface area (Å²) in [4.78, 5) is 0. The normalized spacial score (nSPS) is 24.6. The molecule has 110 valence electrons. The van der Waals surface area contributed by atoms with Crippen molar-refractivity contribution in [3.8, 4) is 5.75 Å².